The Bertz CT molecular complexity index is 2800. The Morgan fingerprint density at radius 3 is 1.74 bits per heavy atom. The normalized spacial score (nSPS) is 13.6. The summed E-state index contributed by atoms with van der Waals surface area (Å²) in [6.07, 6.45) is 13.4. The SMILES string of the molecule is Cc1ccc(-c2ccc(C3=CC=C(N(c4ccc(-c5ccccc5)cc4)c4ccc(-c5cccc(-n6c7c(c8ccccc86)CCC=C7)c5)cc4)CC3)cc2)cc1. The van der Waals surface area contributed by atoms with Gasteiger partial charge in [0, 0.05) is 33.8 Å². The van der Waals surface area contributed by atoms with E-state index in [2.05, 4.69) is 217 Å². The van der Waals surface area contributed by atoms with Crippen molar-refractivity contribution in [2.24, 2.45) is 0 Å². The first kappa shape index (κ1) is 34.6. The van der Waals surface area contributed by atoms with Crippen molar-refractivity contribution in [2.75, 3.05) is 4.90 Å². The van der Waals surface area contributed by atoms with Gasteiger partial charge in [0.1, 0.15) is 0 Å². The van der Waals surface area contributed by atoms with E-state index in [1.165, 1.54) is 83.6 Å². The number of hydrogen-bond acceptors (Lipinski definition) is 1. The summed E-state index contributed by atoms with van der Waals surface area (Å²) in [5.74, 6) is 0. The second kappa shape index (κ2) is 15.0. The highest BCUT2D eigenvalue weighted by Crippen LogP contribution is 2.39. The molecular weight excluding hydrogens is 689 g/mol. The van der Waals surface area contributed by atoms with Gasteiger partial charge in [0.25, 0.3) is 0 Å². The van der Waals surface area contributed by atoms with Crippen molar-refractivity contribution >= 4 is 33.9 Å². The van der Waals surface area contributed by atoms with Gasteiger partial charge in [0.2, 0.25) is 0 Å². The Morgan fingerprint density at radius 2 is 1.05 bits per heavy atom. The summed E-state index contributed by atoms with van der Waals surface area (Å²) in [6.45, 7) is 2.13. The standard InChI is InChI=1S/C55H44N2/c1-39-18-20-41(21-19-39)42-22-24-43(25-23-42)45-28-34-49(35-29-45)56(48-32-26-44(27-33-48)40-10-3-2-4-11-40)50-36-30-46(31-37-50)47-12-9-13-51(38-47)57-54-16-7-5-14-52(54)53-15-6-8-17-55(53)57/h2-5,7-14,16-28,30-34,36-38H,6,15,29,35H2,1H3. The Morgan fingerprint density at radius 1 is 0.474 bits per heavy atom. The predicted octanol–water partition coefficient (Wildman–Crippen LogP) is 14.8. The molecule has 2 aliphatic carbocycles. The monoisotopic (exact) mass is 732 g/mol. The zero-order chi connectivity index (χ0) is 38.1. The average Bonchev–Trinajstić information content (AvgIpc) is 3.62. The maximum Gasteiger partial charge on any atom is 0.0537 e. The van der Waals surface area contributed by atoms with E-state index < -0.39 is 0 Å². The van der Waals surface area contributed by atoms with E-state index >= 15 is 0 Å². The van der Waals surface area contributed by atoms with Gasteiger partial charge >= 0.3 is 0 Å². The number of rotatable bonds is 8. The molecule has 0 atom stereocenters. The molecule has 0 saturated heterocycles. The summed E-state index contributed by atoms with van der Waals surface area (Å²) in [6, 6.07) is 64.5. The van der Waals surface area contributed by atoms with Crippen LogP contribution < -0.4 is 4.90 Å². The van der Waals surface area contributed by atoms with E-state index in [0.717, 1.165) is 37.1 Å². The molecule has 0 N–H and O–H groups in total. The lowest BCUT2D eigenvalue weighted by Crippen LogP contribution is -2.17. The highest BCUT2D eigenvalue weighted by molar-refractivity contribution is 5.91. The molecule has 10 rings (SSSR count). The first-order chi connectivity index (χ1) is 28.2. The smallest absolute Gasteiger partial charge is 0.0537 e. The fourth-order valence-electron chi connectivity index (χ4n) is 8.68. The molecule has 8 aromatic rings. The molecule has 0 radical (unpaired) electrons. The molecule has 0 unspecified atom stereocenters. The fourth-order valence-corrected chi connectivity index (χ4v) is 8.68. The van der Waals surface area contributed by atoms with Crippen LogP contribution in [0.5, 0.6) is 0 Å². The van der Waals surface area contributed by atoms with E-state index in [-0.39, 0.29) is 0 Å². The zero-order valence-electron chi connectivity index (χ0n) is 32.3. The van der Waals surface area contributed by atoms with Crippen molar-refractivity contribution in [1.29, 1.82) is 0 Å². The number of anilines is 2. The van der Waals surface area contributed by atoms with Crippen LogP contribution in [0.4, 0.5) is 11.4 Å². The van der Waals surface area contributed by atoms with Gasteiger partial charge in [-0.1, -0.05) is 151 Å². The Balaban J connectivity index is 0.978. The summed E-state index contributed by atoms with van der Waals surface area (Å²) < 4.78 is 2.44. The van der Waals surface area contributed by atoms with Crippen LogP contribution in [0.15, 0.2) is 200 Å². The number of allylic oxidation sites excluding steroid dienone is 5. The quantitative estimate of drug-likeness (QED) is 0.151. The lowest BCUT2D eigenvalue weighted by atomic mass is 9.93. The van der Waals surface area contributed by atoms with Crippen LogP contribution >= 0.6 is 0 Å². The first-order valence-corrected chi connectivity index (χ1v) is 20.2. The van der Waals surface area contributed by atoms with E-state index in [1.54, 1.807) is 0 Å². The number of aromatic nitrogens is 1. The van der Waals surface area contributed by atoms with Crippen molar-refractivity contribution in [3.63, 3.8) is 0 Å². The second-order valence-electron chi connectivity index (χ2n) is 15.3. The molecule has 274 valence electrons. The van der Waals surface area contributed by atoms with Gasteiger partial charge in [-0.05, 0) is 137 Å². The maximum absolute atomic E-state index is 2.44. The molecule has 1 heterocycles. The molecule has 0 bridgehead atoms. The van der Waals surface area contributed by atoms with Gasteiger partial charge in [-0.2, -0.15) is 0 Å². The van der Waals surface area contributed by atoms with Gasteiger partial charge in [-0.25, -0.2) is 0 Å². The van der Waals surface area contributed by atoms with Crippen LogP contribution in [0.1, 0.15) is 41.6 Å². The second-order valence-corrected chi connectivity index (χ2v) is 15.3. The lowest BCUT2D eigenvalue weighted by Gasteiger charge is -2.30. The molecule has 0 aliphatic heterocycles. The number of para-hydroxylation sites is 1. The zero-order valence-corrected chi connectivity index (χ0v) is 32.3. The van der Waals surface area contributed by atoms with E-state index in [9.17, 15) is 0 Å². The van der Waals surface area contributed by atoms with E-state index in [1.807, 2.05) is 0 Å². The highest BCUT2D eigenvalue weighted by atomic mass is 15.1. The summed E-state index contributed by atoms with van der Waals surface area (Å²) in [4.78, 5) is 2.44. The number of hydrogen-bond donors (Lipinski definition) is 0. The highest BCUT2D eigenvalue weighted by Gasteiger charge is 2.20. The van der Waals surface area contributed by atoms with Crippen LogP contribution in [0.3, 0.4) is 0 Å². The van der Waals surface area contributed by atoms with Crippen molar-refractivity contribution in [1.82, 2.24) is 4.57 Å². The first-order valence-electron chi connectivity index (χ1n) is 20.2. The number of fused-ring (bicyclic) bond motifs is 3. The van der Waals surface area contributed by atoms with Crippen LogP contribution in [-0.4, -0.2) is 4.57 Å². The van der Waals surface area contributed by atoms with Gasteiger partial charge < -0.3 is 9.47 Å². The minimum Gasteiger partial charge on any atom is -0.314 e. The van der Waals surface area contributed by atoms with Crippen LogP contribution in [-0.2, 0) is 6.42 Å². The van der Waals surface area contributed by atoms with Crippen molar-refractivity contribution in [2.45, 2.75) is 32.6 Å². The molecule has 2 nitrogen and oxygen atoms in total. The summed E-state index contributed by atoms with van der Waals surface area (Å²) in [5.41, 5.74) is 20.1. The summed E-state index contributed by atoms with van der Waals surface area (Å²) in [5, 5.41) is 1.36. The Labute approximate surface area is 336 Å². The molecule has 57 heavy (non-hydrogen) atoms. The van der Waals surface area contributed by atoms with Crippen LogP contribution in [0.25, 0.3) is 61.6 Å². The van der Waals surface area contributed by atoms with Crippen molar-refractivity contribution < 1.29 is 0 Å². The number of aryl methyl sites for hydroxylation is 2. The van der Waals surface area contributed by atoms with Gasteiger partial charge in [-0.15, -0.1) is 0 Å². The molecule has 0 amide bonds. The third-order valence-electron chi connectivity index (χ3n) is 11.7. The van der Waals surface area contributed by atoms with E-state index in [4.69, 9.17) is 0 Å². The predicted molar refractivity (Wildman–Crippen MR) is 242 cm³/mol. The number of benzene rings is 7. The van der Waals surface area contributed by atoms with E-state index in [0.29, 0.717) is 0 Å². The molecule has 0 spiro atoms. The minimum absolute atomic E-state index is 0.944. The molecule has 2 aliphatic rings. The molecular formula is C55H44N2. The third kappa shape index (κ3) is 6.74. The summed E-state index contributed by atoms with van der Waals surface area (Å²) in [7, 11) is 0. The van der Waals surface area contributed by atoms with Gasteiger partial charge in [0.05, 0.1) is 5.52 Å². The fraction of sp³-hybridized carbons (Fsp3) is 0.0909. The average molecular weight is 733 g/mol. The Kier molecular flexibility index (Phi) is 9.08. The van der Waals surface area contributed by atoms with Crippen LogP contribution in [0, 0.1) is 6.92 Å². The largest absolute Gasteiger partial charge is 0.314 e. The Hall–Kier alpha value is -6.90. The van der Waals surface area contributed by atoms with Crippen LogP contribution in [0.2, 0.25) is 0 Å². The number of nitrogens with zero attached hydrogens (tertiary/aromatic N) is 2. The summed E-state index contributed by atoms with van der Waals surface area (Å²) >= 11 is 0. The topological polar surface area (TPSA) is 8.17 Å². The third-order valence-corrected chi connectivity index (χ3v) is 11.7. The van der Waals surface area contributed by atoms with Gasteiger partial charge in [0.15, 0.2) is 0 Å². The maximum atomic E-state index is 2.44. The van der Waals surface area contributed by atoms with Gasteiger partial charge in [-0.3, -0.25) is 0 Å². The lowest BCUT2D eigenvalue weighted by molar-refractivity contribution is 0.930. The molecule has 0 saturated carbocycles. The molecule has 2 heteroatoms. The minimum atomic E-state index is 0.944. The molecule has 0 fully saturated rings. The molecule has 7 aromatic carbocycles. The van der Waals surface area contributed by atoms with Crippen molar-refractivity contribution in [3.8, 4) is 39.1 Å². The van der Waals surface area contributed by atoms with Crippen molar-refractivity contribution in [3.05, 3.63) is 222 Å². The molecule has 1 aromatic heterocycles.